The lowest BCUT2D eigenvalue weighted by molar-refractivity contribution is -0.128. The Balaban J connectivity index is 1.46. The smallest absolute Gasteiger partial charge is 0.233 e. The van der Waals surface area contributed by atoms with Crippen molar-refractivity contribution in [1.82, 2.24) is 19.7 Å². The number of amides is 1. The second kappa shape index (κ2) is 11.9. The van der Waals surface area contributed by atoms with Crippen LogP contribution in [-0.2, 0) is 24.3 Å². The van der Waals surface area contributed by atoms with Crippen LogP contribution in [-0.4, -0.2) is 37.9 Å². The van der Waals surface area contributed by atoms with Gasteiger partial charge in [-0.1, -0.05) is 84.0 Å². The summed E-state index contributed by atoms with van der Waals surface area (Å²) in [6.45, 7) is 4.01. The highest BCUT2D eigenvalue weighted by molar-refractivity contribution is 7.99. The van der Waals surface area contributed by atoms with Crippen molar-refractivity contribution in [1.29, 1.82) is 0 Å². The third kappa shape index (κ3) is 6.27. The molecule has 0 radical (unpaired) electrons. The van der Waals surface area contributed by atoms with E-state index in [9.17, 15) is 4.79 Å². The van der Waals surface area contributed by atoms with E-state index < -0.39 is 0 Å². The van der Waals surface area contributed by atoms with Crippen LogP contribution in [0, 0.1) is 0 Å². The molecular formula is C27H27ClN4OS. The maximum Gasteiger partial charge on any atom is 0.233 e. The normalized spacial score (nSPS) is 10.9. The molecule has 174 valence electrons. The number of hydrogen-bond acceptors (Lipinski definition) is 4. The summed E-state index contributed by atoms with van der Waals surface area (Å²) in [6, 6.07) is 27.9. The average molecular weight is 491 g/mol. The quantitative estimate of drug-likeness (QED) is 0.256. The molecular weight excluding hydrogens is 464 g/mol. The van der Waals surface area contributed by atoms with Crippen molar-refractivity contribution in [3.8, 4) is 11.4 Å². The molecule has 7 heteroatoms. The predicted molar refractivity (Wildman–Crippen MR) is 139 cm³/mol. The van der Waals surface area contributed by atoms with Crippen molar-refractivity contribution in [2.24, 2.45) is 0 Å². The second-order valence-corrected chi connectivity index (χ2v) is 9.26. The van der Waals surface area contributed by atoms with E-state index in [1.807, 2.05) is 70.1 Å². The second-order valence-electron chi connectivity index (χ2n) is 7.88. The summed E-state index contributed by atoms with van der Waals surface area (Å²) in [6.07, 6.45) is 0.815. The van der Waals surface area contributed by atoms with Gasteiger partial charge in [-0.05, 0) is 48.7 Å². The predicted octanol–water partition coefficient (Wildman–Crippen LogP) is 5.98. The number of carbonyl (C=O) groups excluding carboxylic acids is 1. The van der Waals surface area contributed by atoms with Gasteiger partial charge < -0.3 is 9.47 Å². The fourth-order valence-corrected chi connectivity index (χ4v) is 4.75. The van der Waals surface area contributed by atoms with Gasteiger partial charge in [-0.3, -0.25) is 4.79 Å². The molecule has 0 aliphatic carbocycles. The molecule has 3 aromatic carbocycles. The van der Waals surface area contributed by atoms with E-state index in [1.54, 1.807) is 0 Å². The fourth-order valence-electron chi connectivity index (χ4n) is 3.72. The number of thioether (sulfide) groups is 1. The van der Waals surface area contributed by atoms with Crippen LogP contribution in [0.3, 0.4) is 0 Å². The number of benzene rings is 3. The Morgan fingerprint density at radius 3 is 2.21 bits per heavy atom. The van der Waals surface area contributed by atoms with Gasteiger partial charge in [0.1, 0.15) is 0 Å². The van der Waals surface area contributed by atoms with Gasteiger partial charge in [-0.2, -0.15) is 0 Å². The van der Waals surface area contributed by atoms with Crippen molar-refractivity contribution < 1.29 is 4.79 Å². The molecule has 34 heavy (non-hydrogen) atoms. The first-order valence-electron chi connectivity index (χ1n) is 11.3. The lowest BCUT2D eigenvalue weighted by Crippen LogP contribution is -2.34. The van der Waals surface area contributed by atoms with Gasteiger partial charge in [-0.25, -0.2) is 0 Å². The molecule has 1 aromatic heterocycles. The topological polar surface area (TPSA) is 51.0 Å². The zero-order valence-electron chi connectivity index (χ0n) is 19.1. The largest absolute Gasteiger partial charge is 0.337 e. The van der Waals surface area contributed by atoms with Crippen LogP contribution in [0.25, 0.3) is 11.4 Å². The van der Waals surface area contributed by atoms with Crippen molar-refractivity contribution in [3.05, 3.63) is 101 Å². The molecule has 1 heterocycles. The van der Waals surface area contributed by atoms with Crippen LogP contribution in [0.15, 0.2) is 90.1 Å². The minimum absolute atomic E-state index is 0.0866. The summed E-state index contributed by atoms with van der Waals surface area (Å²) >= 11 is 7.46. The lowest BCUT2D eigenvalue weighted by atomic mass is 10.1. The van der Waals surface area contributed by atoms with E-state index in [-0.39, 0.29) is 5.91 Å². The van der Waals surface area contributed by atoms with Crippen LogP contribution < -0.4 is 0 Å². The molecule has 0 fully saturated rings. The van der Waals surface area contributed by atoms with Crippen molar-refractivity contribution in [2.75, 3.05) is 12.3 Å². The SMILES string of the molecule is CCn1c(SCC(=O)N(CCc2ccccc2)Cc2ccccc2)nnc1-c1ccc(Cl)cc1. The molecule has 0 bridgehead atoms. The third-order valence-corrected chi connectivity index (χ3v) is 6.75. The summed E-state index contributed by atoms with van der Waals surface area (Å²) in [5, 5.41) is 10.2. The van der Waals surface area contributed by atoms with Crippen molar-refractivity contribution >= 4 is 29.3 Å². The molecule has 0 saturated heterocycles. The van der Waals surface area contributed by atoms with E-state index in [1.165, 1.54) is 17.3 Å². The van der Waals surface area contributed by atoms with E-state index >= 15 is 0 Å². The molecule has 0 unspecified atom stereocenters. The first-order chi connectivity index (χ1) is 16.6. The molecule has 5 nitrogen and oxygen atoms in total. The standard InChI is InChI=1S/C27H27ClN4OS/c1-2-32-26(23-13-15-24(28)16-14-23)29-30-27(32)34-20-25(33)31(19-22-11-7-4-8-12-22)18-17-21-9-5-3-6-10-21/h3-16H,2,17-20H2,1H3. The maximum atomic E-state index is 13.3. The van der Waals surface area contributed by atoms with Gasteiger partial charge in [0.2, 0.25) is 5.91 Å². The minimum Gasteiger partial charge on any atom is -0.337 e. The first kappa shape index (κ1) is 24.0. The molecule has 4 aromatic rings. The summed E-state index contributed by atoms with van der Waals surface area (Å²) in [7, 11) is 0. The summed E-state index contributed by atoms with van der Waals surface area (Å²) in [5.41, 5.74) is 3.29. The van der Waals surface area contributed by atoms with Gasteiger partial charge in [0.05, 0.1) is 5.75 Å². The van der Waals surface area contributed by atoms with Crippen LogP contribution in [0.5, 0.6) is 0 Å². The minimum atomic E-state index is 0.0866. The monoisotopic (exact) mass is 490 g/mol. The molecule has 0 saturated carbocycles. The Labute approximate surface area is 209 Å². The van der Waals surface area contributed by atoms with Crippen molar-refractivity contribution in [2.45, 2.75) is 31.6 Å². The summed E-state index contributed by atoms with van der Waals surface area (Å²) < 4.78 is 2.03. The zero-order chi connectivity index (χ0) is 23.8. The molecule has 0 spiro atoms. The number of halogens is 1. The van der Waals surface area contributed by atoms with E-state index in [2.05, 4.69) is 41.4 Å². The van der Waals surface area contributed by atoms with E-state index in [0.29, 0.717) is 30.4 Å². The average Bonchev–Trinajstić information content (AvgIpc) is 3.29. The van der Waals surface area contributed by atoms with Crippen LogP contribution >= 0.6 is 23.4 Å². The van der Waals surface area contributed by atoms with Crippen molar-refractivity contribution in [3.63, 3.8) is 0 Å². The third-order valence-electron chi connectivity index (χ3n) is 5.54. The fraction of sp³-hybridized carbons (Fsp3) is 0.222. The van der Waals surface area contributed by atoms with Gasteiger partial charge in [-0.15, -0.1) is 10.2 Å². The Morgan fingerprint density at radius 2 is 1.56 bits per heavy atom. The van der Waals surface area contributed by atoms with Gasteiger partial charge >= 0.3 is 0 Å². The lowest BCUT2D eigenvalue weighted by Gasteiger charge is -2.23. The van der Waals surface area contributed by atoms with Gasteiger partial charge in [0.25, 0.3) is 0 Å². The molecule has 0 aliphatic rings. The first-order valence-corrected chi connectivity index (χ1v) is 12.7. The number of rotatable bonds is 10. The number of nitrogens with zero attached hydrogens (tertiary/aromatic N) is 4. The number of hydrogen-bond donors (Lipinski definition) is 0. The molecule has 4 rings (SSSR count). The highest BCUT2D eigenvalue weighted by Crippen LogP contribution is 2.25. The highest BCUT2D eigenvalue weighted by atomic mass is 35.5. The van der Waals surface area contributed by atoms with Gasteiger partial charge in [0.15, 0.2) is 11.0 Å². The summed E-state index contributed by atoms with van der Waals surface area (Å²) in [5.74, 6) is 1.17. The number of carbonyl (C=O) groups is 1. The Morgan fingerprint density at radius 1 is 0.912 bits per heavy atom. The Kier molecular flexibility index (Phi) is 8.39. The van der Waals surface area contributed by atoms with Crippen LogP contribution in [0.4, 0.5) is 0 Å². The van der Waals surface area contributed by atoms with Crippen LogP contribution in [0.1, 0.15) is 18.1 Å². The molecule has 0 aliphatic heterocycles. The number of aromatic nitrogens is 3. The molecule has 1 amide bonds. The maximum absolute atomic E-state index is 13.3. The molecule has 0 atom stereocenters. The summed E-state index contributed by atoms with van der Waals surface area (Å²) in [4.78, 5) is 15.2. The van der Waals surface area contributed by atoms with Gasteiger partial charge in [0, 0.05) is 30.2 Å². The Bertz CT molecular complexity index is 1200. The Hall–Kier alpha value is -3.09. The highest BCUT2D eigenvalue weighted by Gasteiger charge is 2.18. The molecule has 0 N–H and O–H groups in total. The zero-order valence-corrected chi connectivity index (χ0v) is 20.7. The van der Waals surface area contributed by atoms with E-state index in [4.69, 9.17) is 11.6 Å². The van der Waals surface area contributed by atoms with Crippen LogP contribution in [0.2, 0.25) is 5.02 Å². The van der Waals surface area contributed by atoms with E-state index in [0.717, 1.165) is 28.5 Å².